The highest BCUT2D eigenvalue weighted by atomic mass is 16.5. The molecule has 1 unspecified atom stereocenters. The summed E-state index contributed by atoms with van der Waals surface area (Å²) in [5.41, 5.74) is 1.38. The first-order valence-electron chi connectivity index (χ1n) is 5.16. The Morgan fingerprint density at radius 2 is 1.94 bits per heavy atom. The van der Waals surface area contributed by atoms with E-state index in [4.69, 9.17) is 9.84 Å². The van der Waals surface area contributed by atoms with Crippen LogP contribution in [0.3, 0.4) is 0 Å². The molecule has 0 aromatic heterocycles. The summed E-state index contributed by atoms with van der Waals surface area (Å²) < 4.78 is 4.95. The van der Waals surface area contributed by atoms with E-state index in [9.17, 15) is 9.59 Å². The number of hydrogen-bond acceptors (Lipinski definition) is 3. The monoisotopic (exact) mass is 237 g/mol. The number of rotatable bonds is 5. The molecule has 0 fully saturated rings. The number of amides is 1. The van der Waals surface area contributed by atoms with Crippen LogP contribution >= 0.6 is 0 Å². The van der Waals surface area contributed by atoms with E-state index < -0.39 is 17.9 Å². The van der Waals surface area contributed by atoms with Crippen LogP contribution in [0.15, 0.2) is 24.3 Å². The zero-order chi connectivity index (χ0) is 12.8. The van der Waals surface area contributed by atoms with Crippen molar-refractivity contribution < 1.29 is 19.4 Å². The molecular formula is C12H15NO4. The maximum Gasteiger partial charge on any atom is 0.325 e. The van der Waals surface area contributed by atoms with Crippen molar-refractivity contribution in [2.24, 2.45) is 0 Å². The molecule has 0 saturated carbocycles. The summed E-state index contributed by atoms with van der Waals surface area (Å²) in [6.45, 7) is 1.90. The molecule has 1 rings (SSSR count). The van der Waals surface area contributed by atoms with Crippen molar-refractivity contribution in [2.45, 2.75) is 19.6 Å². The van der Waals surface area contributed by atoms with Crippen LogP contribution in [0.2, 0.25) is 0 Å². The second-order valence-corrected chi connectivity index (χ2v) is 3.66. The Labute approximate surface area is 99.4 Å². The lowest BCUT2D eigenvalue weighted by atomic mass is 10.1. The molecule has 1 aromatic rings. The highest BCUT2D eigenvalue weighted by Gasteiger charge is 2.14. The lowest BCUT2D eigenvalue weighted by Crippen LogP contribution is -2.38. The highest BCUT2D eigenvalue weighted by Crippen LogP contribution is 2.05. The first-order chi connectivity index (χ1) is 8.04. The van der Waals surface area contributed by atoms with Gasteiger partial charge in [-0.2, -0.15) is 0 Å². The minimum Gasteiger partial charge on any atom is -0.480 e. The van der Waals surface area contributed by atoms with Crippen LogP contribution in [0, 0.1) is 0 Å². The summed E-state index contributed by atoms with van der Waals surface area (Å²) in [5.74, 6) is -1.46. The fraction of sp³-hybridized carbons (Fsp3) is 0.333. The Hall–Kier alpha value is -1.88. The molecule has 0 radical (unpaired) electrons. The first-order valence-corrected chi connectivity index (χ1v) is 5.16. The molecule has 0 aliphatic carbocycles. The van der Waals surface area contributed by atoms with E-state index in [1.807, 2.05) is 0 Å². The number of ether oxygens (including phenoxy) is 1. The van der Waals surface area contributed by atoms with E-state index >= 15 is 0 Å². The molecule has 17 heavy (non-hydrogen) atoms. The standard InChI is InChI=1S/C12H15NO4/c1-8(12(15)16)13-11(14)10-5-3-9(4-6-10)7-17-2/h3-6,8H,7H2,1-2H3,(H,13,14)(H,15,16). The number of benzene rings is 1. The summed E-state index contributed by atoms with van der Waals surface area (Å²) >= 11 is 0. The summed E-state index contributed by atoms with van der Waals surface area (Å²) in [6, 6.07) is 5.91. The van der Waals surface area contributed by atoms with Gasteiger partial charge in [0.25, 0.3) is 5.91 Å². The van der Waals surface area contributed by atoms with Crippen molar-refractivity contribution in [2.75, 3.05) is 7.11 Å². The number of hydrogen-bond donors (Lipinski definition) is 2. The quantitative estimate of drug-likeness (QED) is 0.802. The van der Waals surface area contributed by atoms with Crippen LogP contribution in [0.5, 0.6) is 0 Å². The molecule has 0 aliphatic heterocycles. The van der Waals surface area contributed by atoms with Crippen LogP contribution < -0.4 is 5.32 Å². The van der Waals surface area contributed by atoms with Gasteiger partial charge in [0.15, 0.2) is 0 Å². The molecule has 1 aromatic carbocycles. The van der Waals surface area contributed by atoms with Crippen molar-refractivity contribution in [3.8, 4) is 0 Å². The Morgan fingerprint density at radius 1 is 1.35 bits per heavy atom. The Morgan fingerprint density at radius 3 is 2.41 bits per heavy atom. The fourth-order valence-electron chi connectivity index (χ4n) is 1.26. The minimum absolute atomic E-state index is 0.399. The molecule has 0 heterocycles. The average Bonchev–Trinajstić information content (AvgIpc) is 2.30. The second kappa shape index (κ2) is 6.00. The minimum atomic E-state index is -1.06. The number of carboxylic acids is 1. The third kappa shape index (κ3) is 3.88. The molecule has 0 saturated heterocycles. The number of nitrogens with one attached hydrogen (secondary N) is 1. The van der Waals surface area contributed by atoms with E-state index in [2.05, 4.69) is 5.32 Å². The SMILES string of the molecule is COCc1ccc(C(=O)NC(C)C(=O)O)cc1. The van der Waals surface area contributed by atoms with Crippen LogP contribution in [0.4, 0.5) is 0 Å². The van der Waals surface area contributed by atoms with E-state index in [0.717, 1.165) is 5.56 Å². The Kier molecular flexibility index (Phi) is 4.66. The molecular weight excluding hydrogens is 222 g/mol. The van der Waals surface area contributed by atoms with Gasteiger partial charge >= 0.3 is 5.97 Å². The van der Waals surface area contributed by atoms with Crippen LogP contribution in [0.25, 0.3) is 0 Å². The van der Waals surface area contributed by atoms with E-state index in [-0.39, 0.29) is 0 Å². The van der Waals surface area contributed by atoms with Gasteiger partial charge in [0.05, 0.1) is 6.61 Å². The molecule has 5 nitrogen and oxygen atoms in total. The van der Waals surface area contributed by atoms with Crippen LogP contribution in [-0.4, -0.2) is 30.1 Å². The van der Waals surface area contributed by atoms with Gasteiger partial charge in [0, 0.05) is 12.7 Å². The van der Waals surface area contributed by atoms with Crippen molar-refractivity contribution in [1.82, 2.24) is 5.32 Å². The Balaban J connectivity index is 2.66. The van der Waals surface area contributed by atoms with Gasteiger partial charge in [0.2, 0.25) is 0 Å². The third-order valence-electron chi connectivity index (χ3n) is 2.25. The summed E-state index contributed by atoms with van der Waals surface area (Å²) in [4.78, 5) is 22.2. The number of carbonyl (C=O) groups is 2. The van der Waals surface area contributed by atoms with Gasteiger partial charge in [-0.25, -0.2) is 0 Å². The predicted octanol–water partition coefficient (Wildman–Crippen LogP) is 1.04. The molecule has 2 N–H and O–H groups in total. The predicted molar refractivity (Wildman–Crippen MR) is 61.7 cm³/mol. The van der Waals surface area contributed by atoms with Crippen molar-refractivity contribution in [3.05, 3.63) is 35.4 Å². The van der Waals surface area contributed by atoms with Gasteiger partial charge in [0.1, 0.15) is 6.04 Å². The number of carbonyl (C=O) groups excluding carboxylic acids is 1. The van der Waals surface area contributed by atoms with Gasteiger partial charge in [-0.15, -0.1) is 0 Å². The second-order valence-electron chi connectivity index (χ2n) is 3.66. The first kappa shape index (κ1) is 13.2. The van der Waals surface area contributed by atoms with Gasteiger partial charge < -0.3 is 15.2 Å². The van der Waals surface area contributed by atoms with Crippen molar-refractivity contribution >= 4 is 11.9 Å². The normalized spacial score (nSPS) is 11.9. The van der Waals surface area contributed by atoms with Crippen molar-refractivity contribution in [3.63, 3.8) is 0 Å². The van der Waals surface area contributed by atoms with E-state index in [1.54, 1.807) is 31.4 Å². The largest absolute Gasteiger partial charge is 0.480 e. The van der Waals surface area contributed by atoms with Crippen LogP contribution in [-0.2, 0) is 16.1 Å². The molecule has 0 aliphatic rings. The van der Waals surface area contributed by atoms with Crippen molar-refractivity contribution in [1.29, 1.82) is 0 Å². The van der Waals surface area contributed by atoms with Gasteiger partial charge in [-0.3, -0.25) is 9.59 Å². The maximum absolute atomic E-state index is 11.6. The third-order valence-corrected chi connectivity index (χ3v) is 2.25. The number of carboxylic acid groups (broad SMARTS) is 1. The maximum atomic E-state index is 11.6. The molecule has 0 bridgehead atoms. The van der Waals surface area contributed by atoms with E-state index in [1.165, 1.54) is 6.92 Å². The van der Waals surface area contributed by atoms with Crippen LogP contribution in [0.1, 0.15) is 22.8 Å². The smallest absolute Gasteiger partial charge is 0.325 e. The lowest BCUT2D eigenvalue weighted by Gasteiger charge is -2.09. The molecule has 0 spiro atoms. The lowest BCUT2D eigenvalue weighted by molar-refractivity contribution is -0.138. The Bertz CT molecular complexity index is 399. The highest BCUT2D eigenvalue weighted by molar-refractivity contribution is 5.96. The molecule has 1 amide bonds. The van der Waals surface area contributed by atoms with E-state index in [0.29, 0.717) is 12.2 Å². The molecule has 5 heteroatoms. The topological polar surface area (TPSA) is 75.6 Å². The van der Waals surface area contributed by atoms with Gasteiger partial charge in [-0.05, 0) is 24.6 Å². The molecule has 92 valence electrons. The summed E-state index contributed by atoms with van der Waals surface area (Å²) in [5, 5.41) is 11.0. The summed E-state index contributed by atoms with van der Waals surface area (Å²) in [7, 11) is 1.59. The zero-order valence-electron chi connectivity index (χ0n) is 9.77. The summed E-state index contributed by atoms with van der Waals surface area (Å²) in [6.07, 6.45) is 0. The average molecular weight is 237 g/mol. The zero-order valence-corrected chi connectivity index (χ0v) is 9.77. The number of aliphatic carboxylic acids is 1. The number of methoxy groups -OCH3 is 1. The van der Waals surface area contributed by atoms with Gasteiger partial charge in [-0.1, -0.05) is 12.1 Å². The molecule has 1 atom stereocenters. The fourth-order valence-corrected chi connectivity index (χ4v) is 1.26.